The summed E-state index contributed by atoms with van der Waals surface area (Å²) in [6.07, 6.45) is 2.58. The molecule has 190 valence electrons. The van der Waals surface area contributed by atoms with Crippen LogP contribution in [0.4, 0.5) is 0 Å². The van der Waals surface area contributed by atoms with Gasteiger partial charge in [-0.1, -0.05) is 0 Å². The third-order valence-electron chi connectivity index (χ3n) is 8.26. The van der Waals surface area contributed by atoms with Crippen LogP contribution in [0.1, 0.15) is 34.6 Å². The predicted octanol–water partition coefficient (Wildman–Crippen LogP) is 2.90. The van der Waals surface area contributed by atoms with Crippen LogP contribution in [0.3, 0.4) is 0 Å². The van der Waals surface area contributed by atoms with Crippen LogP contribution in [-0.4, -0.2) is 70.1 Å². The van der Waals surface area contributed by atoms with E-state index in [1.54, 1.807) is 20.8 Å². The van der Waals surface area contributed by atoms with Crippen molar-refractivity contribution in [1.29, 1.82) is 0 Å². The Labute approximate surface area is 217 Å². The first-order valence-electron chi connectivity index (χ1n) is 12.3. The van der Waals surface area contributed by atoms with Crippen molar-refractivity contribution in [1.82, 2.24) is 4.90 Å². The van der Waals surface area contributed by atoms with Gasteiger partial charge in [-0.3, -0.25) is 14.5 Å². The lowest BCUT2D eigenvalue weighted by atomic mass is 9.64. The second-order valence-electron chi connectivity index (χ2n) is 9.83. The van der Waals surface area contributed by atoms with Gasteiger partial charge >= 0.3 is 11.9 Å². The van der Waals surface area contributed by atoms with E-state index in [1.807, 2.05) is 12.2 Å². The van der Waals surface area contributed by atoms with E-state index >= 15 is 0 Å². The van der Waals surface area contributed by atoms with Crippen molar-refractivity contribution in [2.45, 2.75) is 56.3 Å². The maximum Gasteiger partial charge on any atom is 0.344 e. The van der Waals surface area contributed by atoms with Crippen LogP contribution < -0.4 is 0 Å². The molecule has 6 rings (SSSR count). The van der Waals surface area contributed by atoms with Gasteiger partial charge in [0, 0.05) is 6.54 Å². The second-order valence-corrected chi connectivity index (χ2v) is 12.8. The van der Waals surface area contributed by atoms with E-state index in [1.165, 1.54) is 28.4 Å². The molecule has 5 aliphatic heterocycles. The first-order chi connectivity index (χ1) is 17.1. The Morgan fingerprint density at radius 1 is 0.861 bits per heavy atom. The molecule has 6 atom stereocenters. The quantitative estimate of drug-likeness (QED) is 0.393. The number of imide groups is 1. The summed E-state index contributed by atoms with van der Waals surface area (Å²) in [5.74, 6) is -2.34. The average Bonchev–Trinajstić information content (AvgIpc) is 3.61. The summed E-state index contributed by atoms with van der Waals surface area (Å²) < 4.78 is 15.8. The highest BCUT2D eigenvalue weighted by Gasteiger charge is 2.71. The van der Waals surface area contributed by atoms with E-state index in [0.29, 0.717) is 16.4 Å². The minimum absolute atomic E-state index is 0.198. The van der Waals surface area contributed by atoms with Crippen LogP contribution in [0, 0.1) is 11.8 Å². The van der Waals surface area contributed by atoms with Gasteiger partial charge in [-0.05, 0) is 69.1 Å². The van der Waals surface area contributed by atoms with Gasteiger partial charge in [0.25, 0.3) is 0 Å². The third kappa shape index (κ3) is 2.73. The highest BCUT2D eigenvalue weighted by Crippen LogP contribution is 2.70. The van der Waals surface area contributed by atoms with Crippen LogP contribution in [0.15, 0.2) is 44.3 Å². The molecule has 5 heterocycles. The fourth-order valence-electron chi connectivity index (χ4n) is 6.58. The lowest BCUT2D eigenvalue weighted by molar-refractivity contribution is -0.142. The number of allylic oxidation sites excluding steroid dienone is 2. The van der Waals surface area contributed by atoms with Gasteiger partial charge in [0.05, 0.1) is 56.6 Å². The lowest BCUT2D eigenvalue weighted by Crippen LogP contribution is -2.50. The smallest absolute Gasteiger partial charge is 0.344 e. The van der Waals surface area contributed by atoms with E-state index in [0.717, 1.165) is 22.3 Å². The van der Waals surface area contributed by atoms with E-state index < -0.39 is 45.5 Å². The van der Waals surface area contributed by atoms with Crippen LogP contribution in [0.5, 0.6) is 0 Å². The summed E-state index contributed by atoms with van der Waals surface area (Å²) in [5, 5.41) is 0. The third-order valence-corrected chi connectivity index (χ3v) is 11.5. The van der Waals surface area contributed by atoms with E-state index in [-0.39, 0.29) is 25.0 Å². The molecule has 10 heteroatoms. The Morgan fingerprint density at radius 3 is 1.64 bits per heavy atom. The number of esters is 2. The van der Waals surface area contributed by atoms with Crippen molar-refractivity contribution in [3.8, 4) is 0 Å². The molecule has 1 aliphatic carbocycles. The molecule has 0 spiro atoms. The monoisotopic (exact) mass is 529 g/mol. The summed E-state index contributed by atoms with van der Waals surface area (Å²) in [5.41, 5.74) is 3.57. The molecule has 8 nitrogen and oxygen atoms in total. The molecule has 0 aromatic heterocycles. The van der Waals surface area contributed by atoms with E-state index in [9.17, 15) is 19.2 Å². The van der Waals surface area contributed by atoms with E-state index in [2.05, 4.69) is 13.8 Å². The maximum absolute atomic E-state index is 13.2. The van der Waals surface area contributed by atoms with Crippen molar-refractivity contribution in [2.75, 3.05) is 19.8 Å². The van der Waals surface area contributed by atoms with Crippen LogP contribution in [-0.2, 0) is 33.4 Å². The normalized spacial score (nSPS) is 37.6. The minimum atomic E-state index is -0.641. The zero-order valence-electron chi connectivity index (χ0n) is 20.7. The summed E-state index contributed by atoms with van der Waals surface area (Å²) in [6, 6.07) is 0. The number of rotatable bonds is 5. The largest absolute Gasteiger partial charge is 0.462 e. The molecule has 2 amide bonds. The molecule has 3 fully saturated rings. The number of likely N-dealkylation sites (tertiary alicyclic amines) is 1. The number of nitrogens with zero attached hydrogens (tertiary/aromatic N) is 1. The number of ether oxygens (including phenoxy) is 3. The van der Waals surface area contributed by atoms with Gasteiger partial charge in [-0.15, -0.1) is 23.5 Å². The Bertz CT molecular complexity index is 1180. The Balaban J connectivity index is 1.57. The van der Waals surface area contributed by atoms with Crippen molar-refractivity contribution in [2.24, 2.45) is 11.8 Å². The van der Waals surface area contributed by atoms with E-state index in [4.69, 9.17) is 14.2 Å². The molecular weight excluding hydrogens is 502 g/mol. The number of amides is 2. The molecule has 3 saturated heterocycles. The molecule has 2 bridgehead atoms. The second kappa shape index (κ2) is 7.85. The maximum atomic E-state index is 13.2. The Hall–Kier alpha value is -2.30. The van der Waals surface area contributed by atoms with Crippen molar-refractivity contribution in [3.05, 3.63) is 44.3 Å². The van der Waals surface area contributed by atoms with Crippen LogP contribution in [0.25, 0.3) is 0 Å². The first kappa shape index (κ1) is 24.1. The number of hydrogen-bond donors (Lipinski definition) is 0. The van der Waals surface area contributed by atoms with Crippen molar-refractivity contribution < 1.29 is 33.4 Å². The summed E-state index contributed by atoms with van der Waals surface area (Å²) in [7, 11) is 0. The average molecular weight is 530 g/mol. The molecule has 36 heavy (non-hydrogen) atoms. The van der Waals surface area contributed by atoms with Gasteiger partial charge in [0.15, 0.2) is 0 Å². The van der Waals surface area contributed by atoms with Gasteiger partial charge < -0.3 is 14.2 Å². The first-order valence-corrected chi connectivity index (χ1v) is 13.9. The summed E-state index contributed by atoms with van der Waals surface area (Å²) in [6.45, 7) is 10.3. The van der Waals surface area contributed by atoms with Crippen LogP contribution in [0.2, 0.25) is 0 Å². The zero-order valence-corrected chi connectivity index (χ0v) is 22.3. The molecule has 6 unspecified atom stereocenters. The van der Waals surface area contributed by atoms with Crippen LogP contribution >= 0.6 is 23.5 Å². The summed E-state index contributed by atoms with van der Waals surface area (Å²) in [4.78, 5) is 54.4. The molecule has 6 aliphatic rings. The number of hydrogen-bond acceptors (Lipinski definition) is 9. The highest BCUT2D eigenvalue weighted by atomic mass is 32.2. The van der Waals surface area contributed by atoms with Gasteiger partial charge in [0.2, 0.25) is 11.8 Å². The SMILES string of the molecule is CCOC(=O)C1=CC2=C3C(=C4C=C(C(=O)OCC)SC4(C)C2(C)S1)C1OC3C2C(=O)N(CC)C(=O)C12. The number of carbonyl (C=O) groups is 4. The Kier molecular flexibility index (Phi) is 5.25. The van der Waals surface area contributed by atoms with Gasteiger partial charge in [-0.2, -0.15) is 0 Å². The number of thioether (sulfide) groups is 2. The molecule has 0 aromatic carbocycles. The molecule has 0 radical (unpaired) electrons. The number of fused-ring (bicyclic) bond motifs is 11. The predicted molar refractivity (Wildman–Crippen MR) is 134 cm³/mol. The van der Waals surface area contributed by atoms with Gasteiger partial charge in [0.1, 0.15) is 0 Å². The standard InChI is InChI=1S/C26H27NO7S2/c1-6-27-21(28)17-18(22(27)29)20-16-12-10-14(24(31)33-8-3)36-26(12,5)25(4)11(15(16)19(17)34-20)9-13(35-25)23(30)32-7-2/h9-10,17-20H,6-8H2,1-5H3. The van der Waals surface area contributed by atoms with Gasteiger partial charge in [-0.25, -0.2) is 9.59 Å². The Morgan fingerprint density at radius 2 is 1.28 bits per heavy atom. The molecule has 0 saturated carbocycles. The molecular formula is C26H27NO7S2. The van der Waals surface area contributed by atoms with Crippen molar-refractivity contribution >= 4 is 47.3 Å². The topological polar surface area (TPSA) is 99.2 Å². The number of carbonyl (C=O) groups excluding carboxylic acids is 4. The highest BCUT2D eigenvalue weighted by molar-refractivity contribution is 8.10. The minimum Gasteiger partial charge on any atom is -0.462 e. The molecule has 0 N–H and O–H groups in total. The molecule has 0 aromatic rings. The lowest BCUT2D eigenvalue weighted by Gasteiger charge is -2.48. The fraction of sp³-hybridized carbons (Fsp3) is 0.538. The summed E-state index contributed by atoms with van der Waals surface area (Å²) >= 11 is 2.85. The zero-order chi connectivity index (χ0) is 25.7. The fourth-order valence-corrected chi connectivity index (χ4v) is 9.51. The van der Waals surface area contributed by atoms with Crippen molar-refractivity contribution in [3.63, 3.8) is 0 Å².